The number of rotatable bonds is 6. The molecule has 5 heteroatoms. The predicted molar refractivity (Wildman–Crippen MR) is 105 cm³/mol. The van der Waals surface area contributed by atoms with Crippen molar-refractivity contribution in [2.45, 2.75) is 39.5 Å². The number of anilines is 2. The van der Waals surface area contributed by atoms with E-state index < -0.39 is 0 Å². The van der Waals surface area contributed by atoms with E-state index in [1.54, 1.807) is 6.20 Å². The van der Waals surface area contributed by atoms with Crippen LogP contribution in [0.2, 0.25) is 0 Å². The normalized spacial score (nSPS) is 14.2. The minimum absolute atomic E-state index is 0.0546. The molecule has 0 bridgehead atoms. The molecular formula is C21H27N3O2. The Balaban J connectivity index is 1.55. The van der Waals surface area contributed by atoms with E-state index in [1.807, 2.05) is 31.2 Å². The summed E-state index contributed by atoms with van der Waals surface area (Å²) in [6.07, 6.45) is 5.70. The highest BCUT2D eigenvalue weighted by atomic mass is 16.5. The molecule has 138 valence electrons. The zero-order valence-corrected chi connectivity index (χ0v) is 15.6. The number of nitrogens with zero attached hydrogens (tertiary/aromatic N) is 2. The third-order valence-corrected chi connectivity index (χ3v) is 4.63. The van der Waals surface area contributed by atoms with Crippen LogP contribution in [0.4, 0.5) is 11.5 Å². The van der Waals surface area contributed by atoms with Crippen LogP contribution in [0.1, 0.15) is 36.8 Å². The topological polar surface area (TPSA) is 54.5 Å². The number of carbonyl (C=O) groups excluding carboxylic acids is 1. The SMILES string of the molecule is Cc1ccc(OCCC(=O)Nc2cccnc2N2CCCCC2)c(C)c1. The van der Waals surface area contributed by atoms with Crippen molar-refractivity contribution in [1.29, 1.82) is 0 Å². The van der Waals surface area contributed by atoms with Crippen molar-refractivity contribution < 1.29 is 9.53 Å². The number of hydrogen-bond donors (Lipinski definition) is 1. The first-order valence-corrected chi connectivity index (χ1v) is 9.33. The van der Waals surface area contributed by atoms with E-state index in [2.05, 4.69) is 28.2 Å². The Morgan fingerprint density at radius 2 is 2.00 bits per heavy atom. The second-order valence-electron chi connectivity index (χ2n) is 6.84. The Morgan fingerprint density at radius 1 is 1.19 bits per heavy atom. The molecule has 0 aliphatic carbocycles. The number of hydrogen-bond acceptors (Lipinski definition) is 4. The number of piperidine rings is 1. The average Bonchev–Trinajstić information content (AvgIpc) is 2.65. The Labute approximate surface area is 155 Å². The zero-order chi connectivity index (χ0) is 18.4. The summed E-state index contributed by atoms with van der Waals surface area (Å²) in [6, 6.07) is 9.83. The monoisotopic (exact) mass is 353 g/mol. The van der Waals surface area contributed by atoms with Gasteiger partial charge in [-0.25, -0.2) is 4.98 Å². The van der Waals surface area contributed by atoms with Gasteiger partial charge in [0.15, 0.2) is 5.82 Å². The Kier molecular flexibility index (Phi) is 6.10. The molecule has 1 aliphatic rings. The summed E-state index contributed by atoms with van der Waals surface area (Å²) in [5.41, 5.74) is 3.07. The first kappa shape index (κ1) is 18.2. The van der Waals surface area contributed by atoms with Gasteiger partial charge in [0.2, 0.25) is 5.91 Å². The first-order valence-electron chi connectivity index (χ1n) is 9.33. The molecule has 0 spiro atoms. The summed E-state index contributed by atoms with van der Waals surface area (Å²) in [6.45, 7) is 6.42. The van der Waals surface area contributed by atoms with Crippen LogP contribution in [0.5, 0.6) is 5.75 Å². The van der Waals surface area contributed by atoms with Gasteiger partial charge in [-0.2, -0.15) is 0 Å². The van der Waals surface area contributed by atoms with Gasteiger partial charge in [0, 0.05) is 19.3 Å². The molecule has 1 aromatic carbocycles. The number of carbonyl (C=O) groups is 1. The van der Waals surface area contributed by atoms with Gasteiger partial charge < -0.3 is 15.0 Å². The van der Waals surface area contributed by atoms with Gasteiger partial charge in [-0.05, 0) is 56.9 Å². The molecular weight excluding hydrogens is 326 g/mol. The third kappa shape index (κ3) is 4.75. The van der Waals surface area contributed by atoms with E-state index in [0.717, 1.165) is 35.9 Å². The quantitative estimate of drug-likeness (QED) is 0.850. The van der Waals surface area contributed by atoms with Crippen LogP contribution in [-0.2, 0) is 4.79 Å². The number of ether oxygens (including phenoxy) is 1. The summed E-state index contributed by atoms with van der Waals surface area (Å²) >= 11 is 0. The number of aromatic nitrogens is 1. The van der Waals surface area contributed by atoms with E-state index in [9.17, 15) is 4.79 Å². The van der Waals surface area contributed by atoms with Crippen LogP contribution in [0, 0.1) is 13.8 Å². The van der Waals surface area contributed by atoms with E-state index in [-0.39, 0.29) is 5.91 Å². The maximum absolute atomic E-state index is 12.3. The number of benzene rings is 1. The summed E-state index contributed by atoms with van der Waals surface area (Å²) in [5, 5.41) is 2.99. The molecule has 3 rings (SSSR count). The molecule has 1 amide bonds. The van der Waals surface area contributed by atoms with E-state index in [4.69, 9.17) is 4.74 Å². The fraction of sp³-hybridized carbons (Fsp3) is 0.429. The summed E-state index contributed by atoms with van der Waals surface area (Å²) in [5.74, 6) is 1.65. The lowest BCUT2D eigenvalue weighted by Gasteiger charge is -2.29. The molecule has 1 aliphatic heterocycles. The molecule has 1 N–H and O–H groups in total. The molecule has 0 unspecified atom stereocenters. The highest BCUT2D eigenvalue weighted by molar-refractivity contribution is 5.93. The molecule has 2 aromatic rings. The number of aryl methyl sites for hydroxylation is 2. The van der Waals surface area contributed by atoms with Crippen molar-refractivity contribution in [3.63, 3.8) is 0 Å². The fourth-order valence-electron chi connectivity index (χ4n) is 3.28. The van der Waals surface area contributed by atoms with Crippen molar-refractivity contribution in [2.75, 3.05) is 29.9 Å². The van der Waals surface area contributed by atoms with E-state index in [0.29, 0.717) is 13.0 Å². The van der Waals surface area contributed by atoms with Gasteiger partial charge >= 0.3 is 0 Å². The predicted octanol–water partition coefficient (Wildman–Crippen LogP) is 4.10. The van der Waals surface area contributed by atoms with Crippen LogP contribution in [0.25, 0.3) is 0 Å². The lowest BCUT2D eigenvalue weighted by atomic mass is 10.1. The second-order valence-corrected chi connectivity index (χ2v) is 6.84. The van der Waals surface area contributed by atoms with Crippen LogP contribution in [0.3, 0.4) is 0 Å². The van der Waals surface area contributed by atoms with E-state index in [1.165, 1.54) is 24.8 Å². The first-order chi connectivity index (χ1) is 12.6. The Bertz CT molecular complexity index is 755. The van der Waals surface area contributed by atoms with Crippen LogP contribution >= 0.6 is 0 Å². The zero-order valence-electron chi connectivity index (χ0n) is 15.6. The van der Waals surface area contributed by atoms with Crippen molar-refractivity contribution in [1.82, 2.24) is 4.98 Å². The highest BCUT2D eigenvalue weighted by Gasteiger charge is 2.16. The van der Waals surface area contributed by atoms with Gasteiger partial charge in [-0.3, -0.25) is 4.79 Å². The lowest BCUT2D eigenvalue weighted by Crippen LogP contribution is -2.31. The van der Waals surface area contributed by atoms with E-state index >= 15 is 0 Å². The molecule has 26 heavy (non-hydrogen) atoms. The number of amides is 1. The molecule has 1 aromatic heterocycles. The lowest BCUT2D eigenvalue weighted by molar-refractivity contribution is -0.116. The van der Waals surface area contributed by atoms with Gasteiger partial charge in [0.25, 0.3) is 0 Å². The second kappa shape index (κ2) is 8.70. The van der Waals surface area contributed by atoms with Crippen LogP contribution in [-0.4, -0.2) is 30.6 Å². The maximum Gasteiger partial charge on any atom is 0.227 e. The number of nitrogens with one attached hydrogen (secondary N) is 1. The largest absolute Gasteiger partial charge is 0.493 e. The Hall–Kier alpha value is -2.56. The molecule has 1 saturated heterocycles. The van der Waals surface area contributed by atoms with Crippen molar-refractivity contribution >= 4 is 17.4 Å². The molecule has 1 fully saturated rings. The van der Waals surface area contributed by atoms with Crippen molar-refractivity contribution in [3.8, 4) is 5.75 Å². The van der Waals surface area contributed by atoms with Gasteiger partial charge in [0.1, 0.15) is 5.75 Å². The minimum atomic E-state index is -0.0546. The van der Waals surface area contributed by atoms with Crippen molar-refractivity contribution in [2.24, 2.45) is 0 Å². The van der Waals surface area contributed by atoms with Crippen molar-refractivity contribution in [3.05, 3.63) is 47.7 Å². The van der Waals surface area contributed by atoms with Gasteiger partial charge in [-0.15, -0.1) is 0 Å². The third-order valence-electron chi connectivity index (χ3n) is 4.63. The Morgan fingerprint density at radius 3 is 2.77 bits per heavy atom. The average molecular weight is 353 g/mol. The molecule has 0 radical (unpaired) electrons. The van der Waals surface area contributed by atoms with Crippen LogP contribution < -0.4 is 15.0 Å². The van der Waals surface area contributed by atoms with Gasteiger partial charge in [-0.1, -0.05) is 17.7 Å². The fourth-order valence-corrected chi connectivity index (χ4v) is 3.28. The standard InChI is InChI=1S/C21H27N3O2/c1-16-8-9-19(17(2)15-16)26-14-10-20(25)23-18-7-6-11-22-21(18)24-12-4-3-5-13-24/h6-9,11,15H,3-5,10,12-14H2,1-2H3,(H,23,25). The smallest absolute Gasteiger partial charge is 0.227 e. The highest BCUT2D eigenvalue weighted by Crippen LogP contribution is 2.26. The minimum Gasteiger partial charge on any atom is -0.493 e. The molecule has 2 heterocycles. The molecule has 5 nitrogen and oxygen atoms in total. The van der Waals surface area contributed by atoms with Gasteiger partial charge in [0.05, 0.1) is 18.7 Å². The summed E-state index contributed by atoms with van der Waals surface area (Å²) < 4.78 is 5.76. The number of pyridine rings is 1. The molecule has 0 saturated carbocycles. The summed E-state index contributed by atoms with van der Waals surface area (Å²) in [7, 11) is 0. The summed E-state index contributed by atoms with van der Waals surface area (Å²) in [4.78, 5) is 19.1. The van der Waals surface area contributed by atoms with Crippen LogP contribution in [0.15, 0.2) is 36.5 Å². The molecule has 0 atom stereocenters. The maximum atomic E-state index is 12.3.